The highest BCUT2D eigenvalue weighted by Gasteiger charge is 2.34. The minimum Gasteiger partial charge on any atom is -0.275 e. The Morgan fingerprint density at radius 2 is 1.59 bits per heavy atom. The molecule has 0 saturated carbocycles. The molecule has 0 N–H and O–H groups in total. The van der Waals surface area contributed by atoms with E-state index in [-0.39, 0.29) is 37.6 Å². The smallest absolute Gasteiger partial charge is 0.275 e. The van der Waals surface area contributed by atoms with Crippen LogP contribution in [-0.4, -0.2) is 72.8 Å². The van der Waals surface area contributed by atoms with Gasteiger partial charge in [0.1, 0.15) is 0 Å². The number of hydrogen-bond donors (Lipinski definition) is 0. The van der Waals surface area contributed by atoms with Gasteiger partial charge in [-0.15, -0.1) is 0 Å². The van der Waals surface area contributed by atoms with Gasteiger partial charge in [0.05, 0.1) is 11.1 Å². The summed E-state index contributed by atoms with van der Waals surface area (Å²) in [5.41, 5.74) is 0.786. The highest BCUT2D eigenvalue weighted by molar-refractivity contribution is 7.89. The number of benzene rings is 1. The van der Waals surface area contributed by atoms with Gasteiger partial charge in [-0.25, -0.2) is 8.42 Å². The zero-order valence-electron chi connectivity index (χ0n) is 15.3. The average molecular weight is 414 g/mol. The second-order valence-electron chi connectivity index (χ2n) is 6.40. The van der Waals surface area contributed by atoms with Crippen LogP contribution in [0.4, 0.5) is 0 Å². The molecule has 0 atom stereocenters. The maximum Gasteiger partial charge on any atom is 0.282 e. The summed E-state index contributed by atoms with van der Waals surface area (Å²) in [6.07, 6.45) is 3.38. The minimum absolute atomic E-state index is 0.117. The molecule has 2 heterocycles. The van der Waals surface area contributed by atoms with Crippen molar-refractivity contribution in [1.29, 1.82) is 0 Å². The molecule has 3 rings (SSSR count). The molecule has 27 heavy (non-hydrogen) atoms. The van der Waals surface area contributed by atoms with Crippen molar-refractivity contribution in [3.8, 4) is 0 Å². The molecule has 1 saturated heterocycles. The fraction of sp³-hybridized carbons (Fsp3) is 0.438. The van der Waals surface area contributed by atoms with Crippen LogP contribution in [0.15, 0.2) is 47.6 Å². The normalized spacial score (nSPS) is 17.4. The summed E-state index contributed by atoms with van der Waals surface area (Å²) in [7, 11) is -4.01. The molecule has 9 nitrogen and oxygen atoms in total. The number of sulfonamides is 1. The molecular weight excluding hydrogens is 390 g/mol. The highest BCUT2D eigenvalue weighted by Crippen LogP contribution is 2.19. The van der Waals surface area contributed by atoms with Crippen molar-refractivity contribution in [3.63, 3.8) is 0 Å². The lowest BCUT2D eigenvalue weighted by Gasteiger charge is -2.35. The Kier molecular flexibility index (Phi) is 5.68. The molecule has 0 aliphatic carbocycles. The van der Waals surface area contributed by atoms with Crippen molar-refractivity contribution < 1.29 is 16.8 Å². The van der Waals surface area contributed by atoms with Crippen LogP contribution in [0.1, 0.15) is 5.56 Å². The van der Waals surface area contributed by atoms with Crippen LogP contribution in [0.3, 0.4) is 0 Å². The molecule has 0 unspecified atom stereocenters. The molecule has 0 spiro atoms. The summed E-state index contributed by atoms with van der Waals surface area (Å²) in [4.78, 5) is 0.218. The van der Waals surface area contributed by atoms with E-state index in [0.717, 1.165) is 5.56 Å². The number of piperazine rings is 1. The Labute approximate surface area is 160 Å². The third-order valence-corrected chi connectivity index (χ3v) is 8.31. The van der Waals surface area contributed by atoms with E-state index in [1.54, 1.807) is 54.5 Å². The summed E-state index contributed by atoms with van der Waals surface area (Å²) in [5, 5.41) is 4.04. The van der Waals surface area contributed by atoms with Crippen molar-refractivity contribution in [2.75, 3.05) is 33.2 Å². The predicted molar refractivity (Wildman–Crippen MR) is 100 cm³/mol. The fourth-order valence-corrected chi connectivity index (χ4v) is 5.75. The van der Waals surface area contributed by atoms with Gasteiger partial charge in [-0.2, -0.15) is 26.4 Å². The van der Waals surface area contributed by atoms with E-state index in [2.05, 4.69) is 5.10 Å². The Morgan fingerprint density at radius 1 is 1.00 bits per heavy atom. The Bertz CT molecular complexity index is 981. The monoisotopic (exact) mass is 413 g/mol. The van der Waals surface area contributed by atoms with Crippen LogP contribution >= 0.6 is 0 Å². The van der Waals surface area contributed by atoms with Gasteiger partial charge in [0.15, 0.2) is 0 Å². The van der Waals surface area contributed by atoms with Crippen LogP contribution in [0, 0.1) is 0 Å². The van der Waals surface area contributed by atoms with Gasteiger partial charge < -0.3 is 0 Å². The average Bonchev–Trinajstić information content (AvgIpc) is 3.07. The molecule has 0 bridgehead atoms. The second-order valence-corrected chi connectivity index (χ2v) is 10.4. The third-order valence-electron chi connectivity index (χ3n) is 4.46. The second kappa shape index (κ2) is 7.68. The van der Waals surface area contributed by atoms with E-state index in [4.69, 9.17) is 0 Å². The summed E-state index contributed by atoms with van der Waals surface area (Å²) in [5.74, 6) is 0. The standard InChI is InChI=1S/C16H23N5O4S2/c1-18-13-15(12-17-18)14-19(2)27(24,25)21-10-8-20(9-11-21)26(22,23)16-6-4-3-5-7-16/h3-7,12-13H,8-11,14H2,1-2H3. The maximum absolute atomic E-state index is 12.8. The SMILES string of the molecule is CN(Cc1cnn(C)c1)S(=O)(=O)N1CCN(S(=O)(=O)c2ccccc2)CC1. The van der Waals surface area contributed by atoms with Crippen LogP contribution in [0.5, 0.6) is 0 Å². The number of nitrogens with zero attached hydrogens (tertiary/aromatic N) is 5. The summed E-state index contributed by atoms with van der Waals surface area (Å²) in [6.45, 7) is 0.685. The lowest BCUT2D eigenvalue weighted by atomic mass is 10.4. The molecule has 148 valence electrons. The highest BCUT2D eigenvalue weighted by atomic mass is 32.2. The molecule has 0 radical (unpaired) electrons. The quantitative estimate of drug-likeness (QED) is 0.669. The van der Waals surface area contributed by atoms with E-state index in [1.807, 2.05) is 0 Å². The van der Waals surface area contributed by atoms with Gasteiger partial charge >= 0.3 is 0 Å². The van der Waals surface area contributed by atoms with Crippen LogP contribution in [-0.2, 0) is 33.8 Å². The van der Waals surface area contributed by atoms with Crippen LogP contribution < -0.4 is 0 Å². The lowest BCUT2D eigenvalue weighted by molar-refractivity contribution is 0.258. The number of rotatable bonds is 6. The van der Waals surface area contributed by atoms with Gasteiger partial charge in [0, 0.05) is 58.6 Å². The summed E-state index contributed by atoms with van der Waals surface area (Å²) < 4.78 is 56.4. The minimum atomic E-state index is -3.68. The van der Waals surface area contributed by atoms with Crippen molar-refractivity contribution >= 4 is 20.2 Å². The largest absolute Gasteiger partial charge is 0.282 e. The van der Waals surface area contributed by atoms with E-state index in [1.165, 1.54) is 20.0 Å². The van der Waals surface area contributed by atoms with Gasteiger partial charge in [-0.1, -0.05) is 18.2 Å². The Balaban J connectivity index is 1.65. The van der Waals surface area contributed by atoms with Gasteiger partial charge in [-0.05, 0) is 12.1 Å². The maximum atomic E-state index is 12.8. The van der Waals surface area contributed by atoms with Crippen molar-refractivity contribution in [1.82, 2.24) is 22.7 Å². The number of aryl methyl sites for hydroxylation is 1. The third kappa shape index (κ3) is 4.22. The topological polar surface area (TPSA) is 95.8 Å². The van der Waals surface area contributed by atoms with E-state index in [0.29, 0.717) is 0 Å². The van der Waals surface area contributed by atoms with Crippen molar-refractivity contribution in [2.24, 2.45) is 7.05 Å². The molecule has 1 aromatic heterocycles. The van der Waals surface area contributed by atoms with Gasteiger partial charge in [0.2, 0.25) is 10.0 Å². The van der Waals surface area contributed by atoms with Crippen molar-refractivity contribution in [2.45, 2.75) is 11.4 Å². The zero-order chi connectivity index (χ0) is 19.7. The number of hydrogen-bond acceptors (Lipinski definition) is 5. The summed E-state index contributed by atoms with van der Waals surface area (Å²) in [6, 6.07) is 8.17. The van der Waals surface area contributed by atoms with Gasteiger partial charge in [-0.3, -0.25) is 4.68 Å². The molecule has 1 aliphatic rings. The zero-order valence-corrected chi connectivity index (χ0v) is 16.9. The fourth-order valence-electron chi connectivity index (χ4n) is 2.97. The first-order valence-electron chi connectivity index (χ1n) is 8.45. The first-order valence-corrected chi connectivity index (χ1v) is 11.3. The number of aromatic nitrogens is 2. The van der Waals surface area contributed by atoms with E-state index >= 15 is 0 Å². The molecule has 1 aliphatic heterocycles. The summed E-state index contributed by atoms with van der Waals surface area (Å²) >= 11 is 0. The Morgan fingerprint density at radius 3 is 2.15 bits per heavy atom. The molecule has 11 heteroatoms. The van der Waals surface area contributed by atoms with Crippen molar-refractivity contribution in [3.05, 3.63) is 48.3 Å². The van der Waals surface area contributed by atoms with E-state index < -0.39 is 20.2 Å². The van der Waals surface area contributed by atoms with Crippen LogP contribution in [0.2, 0.25) is 0 Å². The Hall–Kier alpha value is -1.79. The first kappa shape index (κ1) is 20.0. The molecule has 2 aromatic rings. The molecular formula is C16H23N5O4S2. The lowest BCUT2D eigenvalue weighted by Crippen LogP contribution is -2.53. The molecule has 1 fully saturated rings. The first-order chi connectivity index (χ1) is 12.7. The van der Waals surface area contributed by atoms with E-state index in [9.17, 15) is 16.8 Å². The van der Waals surface area contributed by atoms with Crippen LogP contribution in [0.25, 0.3) is 0 Å². The predicted octanol–water partition coefficient (Wildman–Crippen LogP) is 0.103. The molecule has 0 amide bonds. The van der Waals surface area contributed by atoms with Gasteiger partial charge in [0.25, 0.3) is 10.2 Å². The molecule has 1 aromatic carbocycles.